The summed E-state index contributed by atoms with van der Waals surface area (Å²) in [7, 11) is 0. The fourth-order valence-corrected chi connectivity index (χ4v) is 0.0994. The third-order valence-electron chi connectivity index (χ3n) is 0.283. The fraction of sp³-hybridized carbons (Fsp3) is 0. The Bertz CT molecular complexity index is 53.9. The molecular formula is C4H6O2. The Hall–Kier alpha value is -0.920. The largest absolute Gasteiger partial charge is 0.516 e. The van der Waals surface area contributed by atoms with Gasteiger partial charge >= 0.3 is 0 Å². The van der Waals surface area contributed by atoms with Gasteiger partial charge < -0.3 is 10.2 Å². The number of aliphatic hydroxyl groups is 2. The highest BCUT2D eigenvalue weighted by atomic mass is 16.2. The Balaban J connectivity index is 3.07. The lowest BCUT2D eigenvalue weighted by molar-refractivity contribution is 0.467. The summed E-state index contributed by atoms with van der Waals surface area (Å²) < 4.78 is 0. The zero-order chi connectivity index (χ0) is 4.83. The van der Waals surface area contributed by atoms with Crippen molar-refractivity contribution in [1.29, 1.82) is 0 Å². The number of aliphatic hydroxyl groups excluding tert-OH is 2. The van der Waals surface area contributed by atoms with Gasteiger partial charge in [-0.1, -0.05) is 0 Å². The Kier molecular flexibility index (Phi) is 3.45. The first kappa shape index (κ1) is 5.08. The highest BCUT2D eigenvalue weighted by molar-refractivity contribution is 4.94. The van der Waals surface area contributed by atoms with Crippen LogP contribution in [0.4, 0.5) is 0 Å². The molecule has 0 atom stereocenters. The molecule has 0 radical (unpaired) electrons. The number of hydrogen-bond donors (Lipinski definition) is 2. The topological polar surface area (TPSA) is 40.5 Å². The van der Waals surface area contributed by atoms with Gasteiger partial charge in [0.05, 0.1) is 12.5 Å². The second kappa shape index (κ2) is 4.08. The van der Waals surface area contributed by atoms with Crippen molar-refractivity contribution in [2.24, 2.45) is 0 Å². The van der Waals surface area contributed by atoms with E-state index in [1.165, 1.54) is 12.2 Å². The minimum absolute atomic E-state index is 0.840. The molecule has 0 aromatic carbocycles. The van der Waals surface area contributed by atoms with Crippen LogP contribution in [-0.4, -0.2) is 10.2 Å². The zero-order valence-corrected chi connectivity index (χ0v) is 3.20. The van der Waals surface area contributed by atoms with E-state index in [1.54, 1.807) is 0 Å². The minimum Gasteiger partial charge on any atom is -0.516 e. The van der Waals surface area contributed by atoms with Crippen molar-refractivity contribution in [3.8, 4) is 0 Å². The predicted octanol–water partition coefficient (Wildman–Crippen LogP) is 1.13. The van der Waals surface area contributed by atoms with Crippen LogP contribution in [0.15, 0.2) is 24.7 Å². The molecule has 0 spiro atoms. The van der Waals surface area contributed by atoms with E-state index in [9.17, 15) is 0 Å². The molecule has 2 nitrogen and oxygen atoms in total. The van der Waals surface area contributed by atoms with Crippen molar-refractivity contribution in [1.82, 2.24) is 0 Å². The van der Waals surface area contributed by atoms with Crippen LogP contribution >= 0.6 is 0 Å². The van der Waals surface area contributed by atoms with Crippen LogP contribution < -0.4 is 0 Å². The molecule has 0 fully saturated rings. The molecule has 0 rings (SSSR count). The van der Waals surface area contributed by atoms with Gasteiger partial charge in [0.25, 0.3) is 0 Å². The molecule has 34 valence electrons. The van der Waals surface area contributed by atoms with Gasteiger partial charge in [0.1, 0.15) is 0 Å². The van der Waals surface area contributed by atoms with Gasteiger partial charge in [0, 0.05) is 0 Å². The summed E-state index contributed by atoms with van der Waals surface area (Å²) in [5.74, 6) is 0. The SMILES string of the molecule is O/C=C\C=C/O. The van der Waals surface area contributed by atoms with E-state index >= 15 is 0 Å². The van der Waals surface area contributed by atoms with Gasteiger partial charge in [-0.15, -0.1) is 0 Å². The van der Waals surface area contributed by atoms with Gasteiger partial charge in [-0.05, 0) is 12.2 Å². The normalized spacial score (nSPS) is 11.3. The Labute approximate surface area is 36.0 Å². The first-order valence-corrected chi connectivity index (χ1v) is 1.52. The lowest BCUT2D eigenvalue weighted by Gasteiger charge is -1.63. The van der Waals surface area contributed by atoms with Crippen molar-refractivity contribution in [3.63, 3.8) is 0 Å². The van der Waals surface area contributed by atoms with E-state index in [0.717, 1.165) is 12.5 Å². The molecule has 0 heterocycles. The average molecular weight is 86.1 g/mol. The lowest BCUT2D eigenvalue weighted by Crippen LogP contribution is -1.48. The summed E-state index contributed by atoms with van der Waals surface area (Å²) in [5, 5.41) is 15.7. The van der Waals surface area contributed by atoms with E-state index in [2.05, 4.69) is 0 Å². The van der Waals surface area contributed by atoms with Crippen molar-refractivity contribution in [2.75, 3.05) is 0 Å². The van der Waals surface area contributed by atoms with Gasteiger partial charge in [-0.2, -0.15) is 0 Å². The van der Waals surface area contributed by atoms with E-state index in [0.29, 0.717) is 0 Å². The number of allylic oxidation sites excluding steroid dienone is 2. The molecule has 0 bridgehead atoms. The Morgan fingerprint density at radius 3 is 1.33 bits per heavy atom. The van der Waals surface area contributed by atoms with Crippen molar-refractivity contribution < 1.29 is 10.2 Å². The summed E-state index contributed by atoms with van der Waals surface area (Å²) in [6, 6.07) is 0. The van der Waals surface area contributed by atoms with E-state index in [1.807, 2.05) is 0 Å². The van der Waals surface area contributed by atoms with Crippen molar-refractivity contribution in [2.45, 2.75) is 0 Å². The molecule has 0 unspecified atom stereocenters. The molecule has 0 aliphatic heterocycles. The fourth-order valence-electron chi connectivity index (χ4n) is 0.0994. The van der Waals surface area contributed by atoms with Crippen LogP contribution in [-0.2, 0) is 0 Å². The van der Waals surface area contributed by atoms with Crippen LogP contribution in [0.3, 0.4) is 0 Å². The Morgan fingerprint density at radius 2 is 1.17 bits per heavy atom. The van der Waals surface area contributed by atoms with E-state index in [-0.39, 0.29) is 0 Å². The highest BCUT2D eigenvalue weighted by Crippen LogP contribution is 1.66. The molecule has 0 aromatic heterocycles. The standard InChI is InChI=1S/C4H6O2/c5-3-1-2-4-6/h1-6H/b3-1-,4-2-. The first-order chi connectivity index (χ1) is 2.91. The second-order valence-electron chi connectivity index (χ2n) is 0.683. The summed E-state index contributed by atoms with van der Waals surface area (Å²) >= 11 is 0. The smallest absolute Gasteiger partial charge is 0.0792 e. The monoisotopic (exact) mass is 86.0 g/mol. The van der Waals surface area contributed by atoms with E-state index in [4.69, 9.17) is 10.2 Å². The molecule has 0 aromatic rings. The number of rotatable bonds is 1. The third-order valence-corrected chi connectivity index (χ3v) is 0.283. The van der Waals surface area contributed by atoms with E-state index < -0.39 is 0 Å². The van der Waals surface area contributed by atoms with Crippen LogP contribution in [0.1, 0.15) is 0 Å². The maximum absolute atomic E-state index is 7.85. The van der Waals surface area contributed by atoms with Crippen molar-refractivity contribution in [3.05, 3.63) is 24.7 Å². The molecule has 0 aliphatic rings. The van der Waals surface area contributed by atoms with Crippen LogP contribution in [0.2, 0.25) is 0 Å². The second-order valence-corrected chi connectivity index (χ2v) is 0.683. The molecule has 2 heteroatoms. The van der Waals surface area contributed by atoms with Crippen LogP contribution in [0, 0.1) is 0 Å². The molecule has 2 N–H and O–H groups in total. The number of hydrogen-bond acceptors (Lipinski definition) is 2. The Morgan fingerprint density at radius 1 is 0.833 bits per heavy atom. The lowest BCUT2D eigenvalue weighted by atomic mass is 10.6. The molecule has 0 saturated carbocycles. The van der Waals surface area contributed by atoms with Gasteiger partial charge in [-0.25, -0.2) is 0 Å². The molecule has 0 saturated heterocycles. The summed E-state index contributed by atoms with van der Waals surface area (Å²) in [6.07, 6.45) is 4.29. The van der Waals surface area contributed by atoms with Gasteiger partial charge in [0.2, 0.25) is 0 Å². The average Bonchev–Trinajstić information content (AvgIpc) is 1.61. The summed E-state index contributed by atoms with van der Waals surface area (Å²) in [6.45, 7) is 0. The summed E-state index contributed by atoms with van der Waals surface area (Å²) in [5.41, 5.74) is 0. The highest BCUT2D eigenvalue weighted by Gasteiger charge is 1.51. The molecular weight excluding hydrogens is 80.0 g/mol. The van der Waals surface area contributed by atoms with Crippen molar-refractivity contribution >= 4 is 0 Å². The maximum Gasteiger partial charge on any atom is 0.0792 e. The minimum atomic E-state index is 0.840. The third kappa shape index (κ3) is 3.08. The van der Waals surface area contributed by atoms with Gasteiger partial charge in [0.15, 0.2) is 0 Å². The van der Waals surface area contributed by atoms with Crippen LogP contribution in [0.5, 0.6) is 0 Å². The van der Waals surface area contributed by atoms with Crippen LogP contribution in [0.25, 0.3) is 0 Å². The molecule has 0 aliphatic carbocycles. The predicted molar refractivity (Wildman–Crippen MR) is 23.5 cm³/mol. The maximum atomic E-state index is 7.85. The zero-order valence-electron chi connectivity index (χ0n) is 3.20. The quantitative estimate of drug-likeness (QED) is 0.371. The summed E-state index contributed by atoms with van der Waals surface area (Å²) in [4.78, 5) is 0. The first-order valence-electron chi connectivity index (χ1n) is 1.52. The molecule has 6 heavy (non-hydrogen) atoms. The van der Waals surface area contributed by atoms with Gasteiger partial charge in [-0.3, -0.25) is 0 Å². The molecule has 0 amide bonds.